The van der Waals surface area contributed by atoms with Crippen molar-refractivity contribution in [2.24, 2.45) is 0 Å². The van der Waals surface area contributed by atoms with Crippen LogP contribution in [0.2, 0.25) is 0 Å². The van der Waals surface area contributed by atoms with Gasteiger partial charge in [0.1, 0.15) is 5.82 Å². The number of nitrogens with zero attached hydrogens (tertiary/aromatic N) is 1. The number of alkyl halides is 2. The van der Waals surface area contributed by atoms with E-state index in [9.17, 15) is 17.6 Å². The Bertz CT molecular complexity index is 1390. The van der Waals surface area contributed by atoms with Crippen molar-refractivity contribution >= 4 is 10.8 Å². The van der Waals surface area contributed by atoms with Gasteiger partial charge in [-0.05, 0) is 91.3 Å². The van der Waals surface area contributed by atoms with Gasteiger partial charge in [-0.15, -0.1) is 0 Å². The van der Waals surface area contributed by atoms with E-state index >= 15 is 4.39 Å². The molecular formula is C31H28F5NO. The first-order chi connectivity index (χ1) is 18.3. The van der Waals surface area contributed by atoms with Gasteiger partial charge >= 0.3 is 6.61 Å². The Kier molecular flexibility index (Phi) is 9.10. The molecule has 0 aliphatic heterocycles. The Morgan fingerprint density at radius 1 is 0.789 bits per heavy atom. The second kappa shape index (κ2) is 12.7. The number of benzene rings is 3. The van der Waals surface area contributed by atoms with Crippen molar-refractivity contribution in [3.05, 3.63) is 118 Å². The minimum absolute atomic E-state index is 0.129. The summed E-state index contributed by atoms with van der Waals surface area (Å²) in [4.78, 5) is 4.56. The van der Waals surface area contributed by atoms with Crippen molar-refractivity contribution in [1.82, 2.24) is 4.98 Å². The van der Waals surface area contributed by atoms with Crippen molar-refractivity contribution < 1.29 is 26.7 Å². The third-order valence-corrected chi connectivity index (χ3v) is 6.44. The lowest BCUT2D eigenvalue weighted by molar-refractivity contribution is -0.0546. The van der Waals surface area contributed by atoms with Gasteiger partial charge in [0.15, 0.2) is 17.4 Å². The fourth-order valence-electron chi connectivity index (χ4n) is 4.41. The molecule has 0 bridgehead atoms. The molecule has 0 amide bonds. The molecule has 7 heteroatoms. The summed E-state index contributed by atoms with van der Waals surface area (Å²) in [6.45, 7) is -1.33. The molecule has 2 nitrogen and oxygen atoms in total. The van der Waals surface area contributed by atoms with Gasteiger partial charge in [-0.2, -0.15) is 8.78 Å². The predicted molar refractivity (Wildman–Crippen MR) is 139 cm³/mol. The van der Waals surface area contributed by atoms with Crippen LogP contribution < -0.4 is 4.74 Å². The van der Waals surface area contributed by atoms with Crippen LogP contribution in [0.4, 0.5) is 22.0 Å². The number of rotatable bonds is 11. The van der Waals surface area contributed by atoms with Crippen LogP contribution in [0.1, 0.15) is 41.3 Å². The first-order valence-corrected chi connectivity index (χ1v) is 12.5. The second-order valence-electron chi connectivity index (χ2n) is 9.13. The van der Waals surface area contributed by atoms with Crippen LogP contribution in [-0.2, 0) is 32.1 Å². The number of aromatic nitrogens is 1. The van der Waals surface area contributed by atoms with Gasteiger partial charge in [-0.25, -0.2) is 13.2 Å². The molecule has 0 N–H and O–H groups in total. The number of pyridine rings is 1. The SMILES string of the molecule is C/C=C/CCc1ccc(CCc2ccc3c(F)c(CCc4cc(F)c(OC(F)F)c(F)c4)ccc3c2)nc1. The molecule has 0 aliphatic rings. The first kappa shape index (κ1) is 27.3. The van der Waals surface area contributed by atoms with Crippen LogP contribution >= 0.6 is 0 Å². The summed E-state index contributed by atoms with van der Waals surface area (Å²) in [5.41, 5.74) is 3.90. The van der Waals surface area contributed by atoms with E-state index in [0.29, 0.717) is 10.9 Å². The maximum atomic E-state index is 15.2. The first-order valence-electron chi connectivity index (χ1n) is 12.5. The lowest BCUT2D eigenvalue weighted by Gasteiger charge is -2.11. The topological polar surface area (TPSA) is 22.1 Å². The highest BCUT2D eigenvalue weighted by atomic mass is 19.3. The zero-order valence-corrected chi connectivity index (χ0v) is 21.0. The molecule has 4 rings (SSSR count). The summed E-state index contributed by atoms with van der Waals surface area (Å²) in [5, 5.41) is 1.23. The van der Waals surface area contributed by atoms with E-state index in [2.05, 4.69) is 27.9 Å². The fourth-order valence-corrected chi connectivity index (χ4v) is 4.41. The Balaban J connectivity index is 1.39. The zero-order valence-electron chi connectivity index (χ0n) is 21.0. The smallest absolute Gasteiger partial charge is 0.387 e. The van der Waals surface area contributed by atoms with Crippen LogP contribution in [0.5, 0.6) is 5.75 Å². The van der Waals surface area contributed by atoms with Gasteiger partial charge < -0.3 is 4.74 Å². The Morgan fingerprint density at radius 2 is 1.53 bits per heavy atom. The van der Waals surface area contributed by atoms with Crippen molar-refractivity contribution in [2.75, 3.05) is 0 Å². The zero-order chi connectivity index (χ0) is 27.1. The molecule has 0 fully saturated rings. The molecule has 0 atom stereocenters. The number of hydrogen-bond donors (Lipinski definition) is 0. The van der Waals surface area contributed by atoms with Crippen LogP contribution in [0.3, 0.4) is 0 Å². The molecule has 0 saturated carbocycles. The average molecular weight is 526 g/mol. The lowest BCUT2D eigenvalue weighted by Crippen LogP contribution is -2.06. The van der Waals surface area contributed by atoms with Gasteiger partial charge in [0.2, 0.25) is 0 Å². The van der Waals surface area contributed by atoms with Gasteiger partial charge in [0, 0.05) is 17.3 Å². The average Bonchev–Trinajstić information content (AvgIpc) is 2.90. The maximum Gasteiger partial charge on any atom is 0.387 e. The summed E-state index contributed by atoms with van der Waals surface area (Å²) in [6, 6.07) is 15.1. The Morgan fingerprint density at radius 3 is 2.21 bits per heavy atom. The minimum Gasteiger partial charge on any atom is -0.429 e. The number of hydrogen-bond acceptors (Lipinski definition) is 2. The van der Waals surface area contributed by atoms with E-state index in [1.165, 1.54) is 5.56 Å². The highest BCUT2D eigenvalue weighted by Gasteiger charge is 2.17. The molecule has 0 unspecified atom stereocenters. The molecule has 198 valence electrons. The van der Waals surface area contributed by atoms with Crippen LogP contribution in [0.15, 0.2) is 72.9 Å². The van der Waals surface area contributed by atoms with Crippen LogP contribution in [0, 0.1) is 17.5 Å². The van der Waals surface area contributed by atoms with Gasteiger partial charge in [0.05, 0.1) is 0 Å². The predicted octanol–water partition coefficient (Wildman–Crippen LogP) is 8.33. The van der Waals surface area contributed by atoms with Crippen LogP contribution in [0.25, 0.3) is 10.8 Å². The summed E-state index contributed by atoms with van der Waals surface area (Å²) < 4.78 is 71.7. The van der Waals surface area contributed by atoms with Gasteiger partial charge in [-0.3, -0.25) is 4.98 Å². The van der Waals surface area contributed by atoms with E-state index in [-0.39, 0.29) is 24.2 Å². The molecule has 1 aromatic heterocycles. The van der Waals surface area contributed by atoms with Gasteiger partial charge in [0.25, 0.3) is 0 Å². The highest BCUT2D eigenvalue weighted by molar-refractivity contribution is 5.84. The number of halogens is 5. The molecule has 0 saturated heterocycles. The van der Waals surface area contributed by atoms with Crippen molar-refractivity contribution in [1.29, 1.82) is 0 Å². The summed E-state index contributed by atoms with van der Waals surface area (Å²) in [5.74, 6) is -3.95. The molecule has 0 spiro atoms. The standard InChI is InChI=1S/C31H28F5NO/c1-2-3-4-5-21-8-14-25(37-19-21)13-7-20-9-15-26-24(16-20)12-11-23(29(26)34)10-6-22-17-27(32)30(28(33)18-22)38-31(35)36/h2-3,8-9,11-12,14-19,31H,4-7,10,13H2,1H3/b3-2+. The summed E-state index contributed by atoms with van der Waals surface area (Å²) >= 11 is 0. The van der Waals surface area contributed by atoms with Crippen molar-refractivity contribution in [3.8, 4) is 5.75 Å². The van der Waals surface area contributed by atoms with Crippen LogP contribution in [-0.4, -0.2) is 11.6 Å². The number of ether oxygens (including phenoxy) is 1. The van der Waals surface area contributed by atoms with E-state index in [1.807, 2.05) is 37.4 Å². The lowest BCUT2D eigenvalue weighted by atomic mass is 9.97. The third-order valence-electron chi connectivity index (χ3n) is 6.44. The van der Waals surface area contributed by atoms with E-state index in [4.69, 9.17) is 0 Å². The second-order valence-corrected chi connectivity index (χ2v) is 9.13. The summed E-state index contributed by atoms with van der Waals surface area (Å²) in [7, 11) is 0. The quantitative estimate of drug-likeness (QED) is 0.145. The normalized spacial score (nSPS) is 11.7. The van der Waals surface area contributed by atoms with Crippen molar-refractivity contribution in [3.63, 3.8) is 0 Å². The number of aryl methyl sites for hydroxylation is 5. The highest BCUT2D eigenvalue weighted by Crippen LogP contribution is 2.27. The Hall–Kier alpha value is -3.74. The maximum absolute atomic E-state index is 15.2. The van der Waals surface area contributed by atoms with E-state index < -0.39 is 24.0 Å². The molecule has 38 heavy (non-hydrogen) atoms. The molecular weight excluding hydrogens is 497 g/mol. The Labute approximate surface area is 218 Å². The largest absolute Gasteiger partial charge is 0.429 e. The minimum atomic E-state index is -3.33. The molecule has 1 heterocycles. The van der Waals surface area contributed by atoms with Crippen molar-refractivity contribution in [2.45, 2.75) is 52.1 Å². The summed E-state index contributed by atoms with van der Waals surface area (Å²) in [6.07, 6.45) is 9.92. The van der Waals surface area contributed by atoms with Gasteiger partial charge in [-0.1, -0.05) is 48.6 Å². The van der Waals surface area contributed by atoms with E-state index in [0.717, 1.165) is 54.5 Å². The molecule has 0 aliphatic carbocycles. The number of fused-ring (bicyclic) bond motifs is 1. The molecule has 0 radical (unpaired) electrons. The monoisotopic (exact) mass is 525 g/mol. The molecule has 3 aromatic carbocycles. The fraction of sp³-hybridized carbons (Fsp3) is 0.258. The third kappa shape index (κ3) is 6.97. The van der Waals surface area contributed by atoms with E-state index in [1.54, 1.807) is 12.1 Å². The number of allylic oxidation sites excluding steroid dienone is 2. The molecule has 4 aromatic rings.